The number of hydrogen-bond acceptors (Lipinski definition) is 0. The zero-order chi connectivity index (χ0) is 6.27. The van der Waals surface area contributed by atoms with Crippen LogP contribution in [-0.4, -0.2) is 0 Å². The van der Waals surface area contributed by atoms with Gasteiger partial charge in [-0.2, -0.15) is 0 Å². The zero-order valence-electron chi connectivity index (χ0n) is 5.96. The van der Waals surface area contributed by atoms with Gasteiger partial charge in [0.2, 0.25) is 0 Å². The Morgan fingerprint density at radius 1 is 1.18 bits per heavy atom. The summed E-state index contributed by atoms with van der Waals surface area (Å²) in [6, 6.07) is 0. The summed E-state index contributed by atoms with van der Waals surface area (Å²) in [7, 11) is 0. The molecule has 0 aromatic carbocycles. The molecule has 3 heteroatoms. The van der Waals surface area contributed by atoms with Crippen molar-refractivity contribution in [2.75, 3.05) is 0 Å². The Bertz CT molecular complexity index is 238. The Hall–Kier alpha value is 0.683. The molecule has 0 heterocycles. The molecule has 11 heavy (non-hydrogen) atoms. The Labute approximate surface area is 94.5 Å². The fourth-order valence-corrected chi connectivity index (χ4v) is 1.97. The van der Waals surface area contributed by atoms with Gasteiger partial charge in [0.25, 0.3) is 0 Å². The van der Waals surface area contributed by atoms with Crippen molar-refractivity contribution in [3.8, 4) is 0 Å². The minimum atomic E-state index is 0. The predicted octanol–water partition coefficient (Wildman–Crippen LogP) is 2.92. The number of hydrogen-bond donors (Lipinski definition) is 0. The van der Waals surface area contributed by atoms with E-state index >= 15 is 0 Å². The molecular formula is C8H9Cl2Zr. The number of halogens is 2. The third-order valence-electron chi connectivity index (χ3n) is 1.69. The van der Waals surface area contributed by atoms with Gasteiger partial charge in [-0.25, -0.2) is 0 Å². The van der Waals surface area contributed by atoms with Crippen LogP contribution in [0.5, 0.6) is 0 Å². The Balaban J connectivity index is 0.000000500. The summed E-state index contributed by atoms with van der Waals surface area (Å²) in [5.41, 5.74) is 3.13. The molecule has 0 aromatic heterocycles. The van der Waals surface area contributed by atoms with E-state index in [9.17, 15) is 0 Å². The first-order valence-corrected chi connectivity index (χ1v) is 4.41. The van der Waals surface area contributed by atoms with Gasteiger partial charge in [-0.1, -0.05) is 0 Å². The third kappa shape index (κ3) is 2.58. The van der Waals surface area contributed by atoms with Gasteiger partial charge in [0, 0.05) is 0 Å². The fourth-order valence-electron chi connectivity index (χ4n) is 1.08. The van der Waals surface area contributed by atoms with Crippen LogP contribution < -0.4 is 0 Å². The molecule has 0 bridgehead atoms. The Kier molecular flexibility index (Phi) is 4.93. The van der Waals surface area contributed by atoms with Crippen molar-refractivity contribution < 1.29 is 24.7 Å². The second-order valence-electron chi connectivity index (χ2n) is 2.43. The molecule has 0 atom stereocenters. The molecule has 0 aromatic rings. The van der Waals surface area contributed by atoms with Crippen molar-refractivity contribution in [3.05, 3.63) is 32.7 Å². The fraction of sp³-hybridized carbons (Fsp3) is 0.250. The number of rotatable bonds is 1. The molecule has 0 nitrogen and oxygen atoms in total. The van der Waals surface area contributed by atoms with Crippen LogP contribution in [-0.2, 0) is 24.7 Å². The zero-order valence-corrected chi connectivity index (χ0v) is 10.1. The summed E-state index contributed by atoms with van der Waals surface area (Å²) in [6.07, 6.45) is 9.29. The first-order valence-electron chi connectivity index (χ1n) is 3.18. The van der Waals surface area contributed by atoms with Crippen LogP contribution in [0.4, 0.5) is 0 Å². The SMILES string of the molecule is Cl.Cl.[Zr][C]1=C(C2=CC2)C=CC1. The third-order valence-corrected chi connectivity index (χ3v) is 2.85. The molecular weight excluding hydrogens is 258 g/mol. The van der Waals surface area contributed by atoms with E-state index in [1.54, 1.807) is 39.1 Å². The van der Waals surface area contributed by atoms with Crippen molar-refractivity contribution in [2.24, 2.45) is 0 Å². The normalized spacial score (nSPS) is 18.6. The first-order chi connectivity index (χ1) is 4.38. The van der Waals surface area contributed by atoms with Crippen molar-refractivity contribution in [1.29, 1.82) is 0 Å². The second kappa shape index (κ2) is 4.65. The molecule has 0 N–H and O–H groups in total. The summed E-state index contributed by atoms with van der Waals surface area (Å²) in [4.78, 5) is 0. The summed E-state index contributed by atoms with van der Waals surface area (Å²) in [6.45, 7) is 0. The van der Waals surface area contributed by atoms with E-state index in [1.165, 1.54) is 12.8 Å². The molecule has 0 spiro atoms. The molecule has 2 aliphatic carbocycles. The summed E-state index contributed by atoms with van der Waals surface area (Å²) >= 11 is 1.59. The standard InChI is InChI=1S/C8H7.2ClH.Zr/c1-2-4-7(3-1)8-5-6-8;;;/h1,3,5H,2,6H2;2*1H;. The van der Waals surface area contributed by atoms with Crippen molar-refractivity contribution >= 4 is 24.8 Å². The van der Waals surface area contributed by atoms with Crippen LogP contribution in [0.15, 0.2) is 32.7 Å². The van der Waals surface area contributed by atoms with Gasteiger partial charge in [0.15, 0.2) is 0 Å². The molecule has 0 radical (unpaired) electrons. The summed E-state index contributed by atoms with van der Waals surface area (Å²) < 4.78 is 1.63. The van der Waals surface area contributed by atoms with Crippen molar-refractivity contribution in [1.82, 2.24) is 0 Å². The van der Waals surface area contributed by atoms with Gasteiger partial charge in [-0.15, -0.1) is 24.8 Å². The Morgan fingerprint density at radius 2 is 1.82 bits per heavy atom. The molecule has 0 amide bonds. The van der Waals surface area contributed by atoms with E-state index in [1.807, 2.05) is 0 Å². The van der Waals surface area contributed by atoms with E-state index in [0.717, 1.165) is 0 Å². The van der Waals surface area contributed by atoms with Crippen LogP contribution in [0.25, 0.3) is 0 Å². The van der Waals surface area contributed by atoms with E-state index in [2.05, 4.69) is 18.2 Å². The van der Waals surface area contributed by atoms with Gasteiger partial charge in [0.1, 0.15) is 0 Å². The maximum absolute atomic E-state index is 2.30. The molecule has 0 saturated carbocycles. The predicted molar refractivity (Wildman–Crippen MR) is 48.0 cm³/mol. The first kappa shape index (κ1) is 11.7. The molecule has 0 fully saturated rings. The molecule has 2 rings (SSSR count). The monoisotopic (exact) mass is 265 g/mol. The van der Waals surface area contributed by atoms with Crippen LogP contribution in [0.1, 0.15) is 12.8 Å². The van der Waals surface area contributed by atoms with Crippen LogP contribution in [0.3, 0.4) is 0 Å². The average Bonchev–Trinajstić information content (AvgIpc) is 2.58. The van der Waals surface area contributed by atoms with Crippen LogP contribution in [0.2, 0.25) is 0 Å². The summed E-state index contributed by atoms with van der Waals surface area (Å²) in [5, 5.41) is 0. The minimum absolute atomic E-state index is 0. The topological polar surface area (TPSA) is 0 Å². The van der Waals surface area contributed by atoms with Crippen molar-refractivity contribution in [3.63, 3.8) is 0 Å². The van der Waals surface area contributed by atoms with Gasteiger partial charge < -0.3 is 0 Å². The van der Waals surface area contributed by atoms with Gasteiger partial charge in [-0.05, 0) is 0 Å². The molecule has 0 aliphatic heterocycles. The second-order valence-corrected chi connectivity index (χ2v) is 3.92. The quantitative estimate of drug-likeness (QED) is 0.685. The van der Waals surface area contributed by atoms with Crippen LogP contribution in [0, 0.1) is 0 Å². The molecule has 0 saturated heterocycles. The van der Waals surface area contributed by atoms with E-state index in [0.29, 0.717) is 0 Å². The van der Waals surface area contributed by atoms with E-state index < -0.39 is 0 Å². The van der Waals surface area contributed by atoms with E-state index in [-0.39, 0.29) is 24.8 Å². The van der Waals surface area contributed by atoms with Crippen LogP contribution >= 0.6 is 24.8 Å². The van der Waals surface area contributed by atoms with Crippen molar-refractivity contribution in [2.45, 2.75) is 12.8 Å². The number of allylic oxidation sites excluding steroid dienone is 6. The maximum atomic E-state index is 2.30. The average molecular weight is 267 g/mol. The Morgan fingerprint density at radius 3 is 2.18 bits per heavy atom. The van der Waals surface area contributed by atoms with Gasteiger partial charge >= 0.3 is 70.2 Å². The molecule has 59 valence electrons. The van der Waals surface area contributed by atoms with Gasteiger partial charge in [-0.3, -0.25) is 0 Å². The molecule has 2 aliphatic rings. The molecule has 0 unspecified atom stereocenters. The van der Waals surface area contributed by atoms with Gasteiger partial charge in [0.05, 0.1) is 0 Å². The summed E-state index contributed by atoms with van der Waals surface area (Å²) in [5.74, 6) is 0. The van der Waals surface area contributed by atoms with E-state index in [4.69, 9.17) is 0 Å².